The highest BCUT2D eigenvalue weighted by molar-refractivity contribution is 9.10. The van der Waals surface area contributed by atoms with Crippen LogP contribution in [0.1, 0.15) is 36.6 Å². The molecule has 2 rings (SSSR count). The van der Waals surface area contributed by atoms with Crippen LogP contribution in [0.4, 0.5) is 0 Å². The standard InChI is InChI=1S/C16H18BrNO/c1-11(2)15-7-4-12(3)8-16(15)19-10-14-6-5-13(17)9-18-14/h4-9,11H,10H2,1-3H3. The first-order chi connectivity index (χ1) is 9.06. The summed E-state index contributed by atoms with van der Waals surface area (Å²) in [7, 11) is 0. The molecule has 2 nitrogen and oxygen atoms in total. The molecule has 0 fully saturated rings. The van der Waals surface area contributed by atoms with Gasteiger partial charge in [-0.15, -0.1) is 0 Å². The van der Waals surface area contributed by atoms with Gasteiger partial charge >= 0.3 is 0 Å². The highest BCUT2D eigenvalue weighted by atomic mass is 79.9. The maximum atomic E-state index is 5.93. The highest BCUT2D eigenvalue weighted by Gasteiger charge is 2.08. The molecule has 0 saturated carbocycles. The third-order valence-electron chi connectivity index (χ3n) is 2.96. The lowest BCUT2D eigenvalue weighted by atomic mass is 10.0. The van der Waals surface area contributed by atoms with Crippen LogP contribution >= 0.6 is 15.9 Å². The zero-order valence-corrected chi connectivity index (χ0v) is 13.1. The number of aromatic nitrogens is 1. The van der Waals surface area contributed by atoms with E-state index < -0.39 is 0 Å². The van der Waals surface area contributed by atoms with Crippen LogP contribution in [0.25, 0.3) is 0 Å². The summed E-state index contributed by atoms with van der Waals surface area (Å²) in [6, 6.07) is 10.3. The van der Waals surface area contributed by atoms with Gasteiger partial charge in [-0.2, -0.15) is 0 Å². The number of benzene rings is 1. The fourth-order valence-electron chi connectivity index (χ4n) is 1.89. The zero-order valence-electron chi connectivity index (χ0n) is 11.5. The summed E-state index contributed by atoms with van der Waals surface area (Å²) in [4.78, 5) is 4.32. The number of ether oxygens (including phenoxy) is 1. The van der Waals surface area contributed by atoms with Gasteiger partial charge in [0.1, 0.15) is 12.4 Å². The number of nitrogens with zero attached hydrogens (tertiary/aromatic N) is 1. The van der Waals surface area contributed by atoms with Crippen LogP contribution in [0.3, 0.4) is 0 Å². The Morgan fingerprint density at radius 3 is 2.63 bits per heavy atom. The Labute approximate surface area is 123 Å². The molecule has 1 aromatic heterocycles. The van der Waals surface area contributed by atoms with Gasteiger partial charge in [0.25, 0.3) is 0 Å². The van der Waals surface area contributed by atoms with Crippen LogP contribution in [0.5, 0.6) is 5.75 Å². The Balaban J connectivity index is 2.14. The van der Waals surface area contributed by atoms with Crippen molar-refractivity contribution in [3.63, 3.8) is 0 Å². The minimum Gasteiger partial charge on any atom is -0.487 e. The van der Waals surface area contributed by atoms with Gasteiger partial charge < -0.3 is 4.74 Å². The summed E-state index contributed by atoms with van der Waals surface area (Å²) in [6.45, 7) is 6.93. The SMILES string of the molecule is Cc1ccc(C(C)C)c(OCc2ccc(Br)cn2)c1. The van der Waals surface area contributed by atoms with Crippen molar-refractivity contribution in [1.82, 2.24) is 4.98 Å². The molecule has 0 N–H and O–H groups in total. The zero-order chi connectivity index (χ0) is 13.8. The van der Waals surface area contributed by atoms with E-state index in [1.54, 1.807) is 6.20 Å². The van der Waals surface area contributed by atoms with Crippen molar-refractivity contribution in [2.24, 2.45) is 0 Å². The third kappa shape index (κ3) is 3.80. The van der Waals surface area contributed by atoms with Crippen molar-refractivity contribution >= 4 is 15.9 Å². The number of aryl methyl sites for hydroxylation is 1. The fourth-order valence-corrected chi connectivity index (χ4v) is 2.12. The predicted octanol–water partition coefficient (Wildman–Crippen LogP) is 4.85. The molecule has 0 aliphatic rings. The van der Waals surface area contributed by atoms with Crippen molar-refractivity contribution in [3.05, 3.63) is 57.8 Å². The Bertz CT molecular complexity index is 549. The highest BCUT2D eigenvalue weighted by Crippen LogP contribution is 2.28. The van der Waals surface area contributed by atoms with Gasteiger partial charge in [-0.1, -0.05) is 26.0 Å². The maximum Gasteiger partial charge on any atom is 0.130 e. The van der Waals surface area contributed by atoms with Crippen molar-refractivity contribution in [2.45, 2.75) is 33.3 Å². The fraction of sp³-hybridized carbons (Fsp3) is 0.312. The topological polar surface area (TPSA) is 22.1 Å². The molecule has 1 aromatic carbocycles. The summed E-state index contributed by atoms with van der Waals surface area (Å²) >= 11 is 3.38. The molecule has 0 amide bonds. The van der Waals surface area contributed by atoms with Crippen molar-refractivity contribution in [2.75, 3.05) is 0 Å². The van der Waals surface area contributed by atoms with Crippen LogP contribution in [0, 0.1) is 6.92 Å². The second-order valence-electron chi connectivity index (χ2n) is 4.95. The lowest BCUT2D eigenvalue weighted by Crippen LogP contribution is -2.01. The minimum atomic E-state index is 0.452. The quantitative estimate of drug-likeness (QED) is 0.803. The molecule has 0 bridgehead atoms. The average Bonchev–Trinajstić information content (AvgIpc) is 2.38. The van der Waals surface area contributed by atoms with Gasteiger partial charge in [-0.3, -0.25) is 4.98 Å². The first-order valence-corrected chi connectivity index (χ1v) is 7.19. The van der Waals surface area contributed by atoms with Crippen LogP contribution < -0.4 is 4.74 Å². The van der Waals surface area contributed by atoms with E-state index in [9.17, 15) is 0 Å². The molecule has 0 unspecified atom stereocenters. The lowest BCUT2D eigenvalue weighted by Gasteiger charge is -2.14. The Kier molecular flexibility index (Phi) is 4.59. The van der Waals surface area contributed by atoms with Crippen molar-refractivity contribution < 1.29 is 4.74 Å². The molecule has 3 heteroatoms. The molecule has 0 spiro atoms. The molecule has 0 aliphatic carbocycles. The Hall–Kier alpha value is -1.35. The molecule has 19 heavy (non-hydrogen) atoms. The van der Waals surface area contributed by atoms with Crippen LogP contribution in [-0.2, 0) is 6.61 Å². The monoisotopic (exact) mass is 319 g/mol. The van der Waals surface area contributed by atoms with E-state index in [-0.39, 0.29) is 0 Å². The number of hydrogen-bond donors (Lipinski definition) is 0. The van der Waals surface area contributed by atoms with Crippen LogP contribution in [0.2, 0.25) is 0 Å². The van der Waals surface area contributed by atoms with Crippen LogP contribution in [-0.4, -0.2) is 4.98 Å². The van der Waals surface area contributed by atoms with E-state index in [4.69, 9.17) is 4.74 Å². The molecule has 2 aromatic rings. The summed E-state index contributed by atoms with van der Waals surface area (Å²) in [5.41, 5.74) is 3.38. The second-order valence-corrected chi connectivity index (χ2v) is 5.87. The van der Waals surface area contributed by atoms with Gasteiger partial charge in [0.15, 0.2) is 0 Å². The predicted molar refractivity (Wildman–Crippen MR) is 81.5 cm³/mol. The normalized spacial score (nSPS) is 10.8. The molecule has 0 aliphatic heterocycles. The lowest BCUT2D eigenvalue weighted by molar-refractivity contribution is 0.297. The molecule has 0 saturated heterocycles. The van der Waals surface area contributed by atoms with Gasteiger partial charge in [0.2, 0.25) is 0 Å². The van der Waals surface area contributed by atoms with E-state index in [1.807, 2.05) is 12.1 Å². The van der Waals surface area contributed by atoms with E-state index in [0.29, 0.717) is 12.5 Å². The number of rotatable bonds is 4. The van der Waals surface area contributed by atoms with E-state index in [1.165, 1.54) is 11.1 Å². The Morgan fingerprint density at radius 2 is 2.00 bits per heavy atom. The number of halogens is 1. The maximum absolute atomic E-state index is 5.93. The molecule has 100 valence electrons. The summed E-state index contributed by atoms with van der Waals surface area (Å²) < 4.78 is 6.91. The molecule has 0 atom stereocenters. The van der Waals surface area contributed by atoms with Gasteiger partial charge in [0.05, 0.1) is 5.69 Å². The molecule has 1 heterocycles. The second kappa shape index (κ2) is 6.20. The van der Waals surface area contributed by atoms with Gasteiger partial charge in [-0.05, 0) is 58.1 Å². The molecular formula is C16H18BrNO. The average molecular weight is 320 g/mol. The summed E-state index contributed by atoms with van der Waals surface area (Å²) in [5, 5.41) is 0. The smallest absolute Gasteiger partial charge is 0.130 e. The first kappa shape index (κ1) is 14.1. The van der Waals surface area contributed by atoms with E-state index in [2.05, 4.69) is 59.9 Å². The van der Waals surface area contributed by atoms with Gasteiger partial charge in [0, 0.05) is 10.7 Å². The largest absolute Gasteiger partial charge is 0.487 e. The summed E-state index contributed by atoms with van der Waals surface area (Å²) in [6.07, 6.45) is 1.79. The Morgan fingerprint density at radius 1 is 1.21 bits per heavy atom. The minimum absolute atomic E-state index is 0.452. The number of pyridine rings is 1. The van der Waals surface area contributed by atoms with E-state index in [0.717, 1.165) is 15.9 Å². The number of hydrogen-bond acceptors (Lipinski definition) is 2. The van der Waals surface area contributed by atoms with E-state index >= 15 is 0 Å². The first-order valence-electron chi connectivity index (χ1n) is 6.40. The molecule has 0 radical (unpaired) electrons. The third-order valence-corrected chi connectivity index (χ3v) is 3.42. The summed E-state index contributed by atoms with van der Waals surface area (Å²) in [5.74, 6) is 1.41. The molecular weight excluding hydrogens is 302 g/mol. The van der Waals surface area contributed by atoms with Crippen molar-refractivity contribution in [3.8, 4) is 5.75 Å². The van der Waals surface area contributed by atoms with Gasteiger partial charge in [-0.25, -0.2) is 0 Å². The van der Waals surface area contributed by atoms with Crippen LogP contribution in [0.15, 0.2) is 41.0 Å². The van der Waals surface area contributed by atoms with Crippen molar-refractivity contribution in [1.29, 1.82) is 0 Å².